The SMILES string of the molecule is CC(=S)OC(C)(C)c1ccccc1.CC(=S)Oc1ccccc1. The van der Waals surface area contributed by atoms with Crippen LogP contribution in [0.3, 0.4) is 0 Å². The molecular weight excluding hydrogens is 324 g/mol. The average Bonchev–Trinajstić information content (AvgIpc) is 2.48. The molecule has 0 unspecified atom stereocenters. The summed E-state index contributed by atoms with van der Waals surface area (Å²) in [4.78, 5) is 0. The van der Waals surface area contributed by atoms with Gasteiger partial charge in [0.2, 0.25) is 0 Å². The summed E-state index contributed by atoms with van der Waals surface area (Å²) in [5.41, 5.74) is 0.812. The third kappa shape index (κ3) is 7.86. The molecule has 0 aliphatic heterocycles. The highest BCUT2D eigenvalue weighted by molar-refractivity contribution is 7.80. The maximum Gasteiger partial charge on any atom is 0.164 e. The van der Waals surface area contributed by atoms with E-state index in [2.05, 4.69) is 0 Å². The van der Waals surface area contributed by atoms with Gasteiger partial charge in [0.15, 0.2) is 10.1 Å². The lowest BCUT2D eigenvalue weighted by atomic mass is 9.98. The molecule has 0 aliphatic carbocycles. The standard InChI is InChI=1S/C11H14OS.C8H8OS/c1-9(13)12-11(2,3)10-7-5-4-6-8-10;1-7(10)9-8-5-3-2-4-6-8/h4-8H,1-3H3;2-6H,1H3. The zero-order valence-electron chi connectivity index (χ0n) is 13.9. The first-order chi connectivity index (χ1) is 10.8. The molecule has 122 valence electrons. The molecule has 2 rings (SSSR count). The summed E-state index contributed by atoms with van der Waals surface area (Å²) in [6.07, 6.45) is 0. The Kier molecular flexibility index (Phi) is 7.86. The molecule has 0 saturated carbocycles. The monoisotopic (exact) mass is 346 g/mol. The fourth-order valence-corrected chi connectivity index (χ4v) is 2.22. The first kappa shape index (κ1) is 19.3. The van der Waals surface area contributed by atoms with Gasteiger partial charge in [-0.25, -0.2) is 0 Å². The topological polar surface area (TPSA) is 18.5 Å². The summed E-state index contributed by atoms with van der Waals surface area (Å²) in [5, 5.41) is 1.13. The molecule has 0 spiro atoms. The summed E-state index contributed by atoms with van der Waals surface area (Å²) < 4.78 is 10.7. The van der Waals surface area contributed by atoms with Crippen molar-refractivity contribution in [2.24, 2.45) is 0 Å². The van der Waals surface area contributed by atoms with Crippen LogP contribution in [0.25, 0.3) is 0 Å². The van der Waals surface area contributed by atoms with Gasteiger partial charge < -0.3 is 9.47 Å². The molecule has 0 fully saturated rings. The van der Waals surface area contributed by atoms with Crippen LogP contribution in [0.4, 0.5) is 0 Å². The highest BCUT2D eigenvalue weighted by Gasteiger charge is 2.21. The Morgan fingerprint density at radius 2 is 1.26 bits per heavy atom. The number of thiocarbonyl (C=S) groups is 2. The maximum atomic E-state index is 5.56. The summed E-state index contributed by atoms with van der Waals surface area (Å²) in [7, 11) is 0. The Balaban J connectivity index is 0.000000238. The Morgan fingerprint density at radius 1 is 0.783 bits per heavy atom. The molecule has 0 aliphatic rings. The third-order valence-electron chi connectivity index (χ3n) is 2.87. The first-order valence-corrected chi connectivity index (χ1v) is 8.11. The van der Waals surface area contributed by atoms with Crippen molar-refractivity contribution in [2.75, 3.05) is 0 Å². The number of benzene rings is 2. The Bertz CT molecular complexity index is 622. The molecule has 0 amide bonds. The van der Waals surface area contributed by atoms with E-state index in [-0.39, 0.29) is 5.60 Å². The van der Waals surface area contributed by atoms with Gasteiger partial charge in [-0.15, -0.1) is 0 Å². The van der Waals surface area contributed by atoms with E-state index in [9.17, 15) is 0 Å². The van der Waals surface area contributed by atoms with Crippen LogP contribution in [0.1, 0.15) is 33.3 Å². The van der Waals surface area contributed by atoms with E-state index in [1.54, 1.807) is 13.8 Å². The van der Waals surface area contributed by atoms with Crippen molar-refractivity contribution in [1.29, 1.82) is 0 Å². The van der Waals surface area contributed by atoms with Crippen molar-refractivity contribution < 1.29 is 9.47 Å². The van der Waals surface area contributed by atoms with Crippen molar-refractivity contribution in [3.63, 3.8) is 0 Å². The predicted octanol–water partition coefficient (Wildman–Crippen LogP) is 5.70. The normalized spacial score (nSPS) is 10.1. The predicted molar refractivity (Wildman–Crippen MR) is 104 cm³/mol. The average molecular weight is 347 g/mol. The summed E-state index contributed by atoms with van der Waals surface area (Å²) in [6.45, 7) is 7.57. The molecule has 0 bridgehead atoms. The minimum atomic E-state index is -0.326. The number of para-hydroxylation sites is 1. The van der Waals surface area contributed by atoms with Crippen LogP contribution in [0.5, 0.6) is 5.75 Å². The molecular formula is C19H22O2S2. The molecule has 0 saturated heterocycles. The highest BCUT2D eigenvalue weighted by atomic mass is 32.1. The van der Waals surface area contributed by atoms with Crippen LogP contribution < -0.4 is 4.74 Å². The maximum absolute atomic E-state index is 5.56. The molecule has 2 aromatic rings. The highest BCUT2D eigenvalue weighted by Crippen LogP contribution is 2.24. The number of hydrogen-bond donors (Lipinski definition) is 0. The van der Waals surface area contributed by atoms with Gasteiger partial charge in [0, 0.05) is 13.8 Å². The number of rotatable bonds is 3. The van der Waals surface area contributed by atoms with Crippen LogP contribution >= 0.6 is 24.4 Å². The minimum Gasteiger partial charge on any atom is -0.477 e. The largest absolute Gasteiger partial charge is 0.477 e. The summed E-state index contributed by atoms with van der Waals surface area (Å²) in [6, 6.07) is 19.6. The van der Waals surface area contributed by atoms with Gasteiger partial charge >= 0.3 is 0 Å². The second kappa shape index (κ2) is 9.38. The van der Waals surface area contributed by atoms with Crippen molar-refractivity contribution in [3.8, 4) is 5.75 Å². The van der Waals surface area contributed by atoms with Gasteiger partial charge in [0.25, 0.3) is 0 Å². The van der Waals surface area contributed by atoms with Crippen molar-refractivity contribution >= 4 is 34.5 Å². The zero-order chi connectivity index (χ0) is 17.3. The molecule has 0 aromatic heterocycles. The zero-order valence-corrected chi connectivity index (χ0v) is 15.5. The van der Waals surface area contributed by atoms with E-state index in [0.29, 0.717) is 10.1 Å². The van der Waals surface area contributed by atoms with Gasteiger partial charge in [-0.2, -0.15) is 0 Å². The fourth-order valence-electron chi connectivity index (χ4n) is 1.91. The minimum absolute atomic E-state index is 0.326. The molecule has 4 heteroatoms. The van der Waals surface area contributed by atoms with Crippen molar-refractivity contribution in [2.45, 2.75) is 33.3 Å². The van der Waals surface area contributed by atoms with Crippen molar-refractivity contribution in [1.82, 2.24) is 0 Å². The first-order valence-electron chi connectivity index (χ1n) is 7.30. The van der Waals surface area contributed by atoms with E-state index in [4.69, 9.17) is 33.9 Å². The third-order valence-corrected chi connectivity index (χ3v) is 3.04. The van der Waals surface area contributed by atoms with Crippen LogP contribution in [0.2, 0.25) is 0 Å². The van der Waals surface area contributed by atoms with E-state index in [1.165, 1.54) is 0 Å². The summed E-state index contributed by atoms with van der Waals surface area (Å²) in [5.74, 6) is 0.801. The lowest BCUT2D eigenvalue weighted by Crippen LogP contribution is -2.23. The molecule has 0 atom stereocenters. The van der Waals surface area contributed by atoms with Crippen LogP contribution in [0.15, 0.2) is 60.7 Å². The van der Waals surface area contributed by atoms with Crippen LogP contribution in [-0.4, -0.2) is 10.1 Å². The van der Waals surface area contributed by atoms with Crippen LogP contribution in [0, 0.1) is 0 Å². The quantitative estimate of drug-likeness (QED) is 0.663. The fraction of sp³-hybridized carbons (Fsp3) is 0.263. The smallest absolute Gasteiger partial charge is 0.164 e. The van der Waals surface area contributed by atoms with Gasteiger partial charge in [0.05, 0.1) is 0 Å². The Labute approximate surface area is 149 Å². The second-order valence-corrected chi connectivity index (χ2v) is 6.53. The Morgan fingerprint density at radius 3 is 1.70 bits per heavy atom. The van der Waals surface area contributed by atoms with E-state index < -0.39 is 0 Å². The number of hydrogen-bond acceptors (Lipinski definition) is 4. The summed E-state index contributed by atoms with van der Waals surface area (Å²) >= 11 is 9.68. The molecule has 23 heavy (non-hydrogen) atoms. The van der Waals surface area contributed by atoms with Crippen LogP contribution in [-0.2, 0) is 10.3 Å². The van der Waals surface area contributed by atoms with E-state index >= 15 is 0 Å². The lowest BCUT2D eigenvalue weighted by molar-refractivity contribution is 0.0979. The van der Waals surface area contributed by atoms with Gasteiger partial charge in [-0.05, 0) is 56.0 Å². The van der Waals surface area contributed by atoms with Gasteiger partial charge in [0.1, 0.15) is 11.4 Å². The van der Waals surface area contributed by atoms with E-state index in [0.717, 1.165) is 11.3 Å². The molecule has 2 aromatic carbocycles. The Hall–Kier alpha value is -1.78. The van der Waals surface area contributed by atoms with Gasteiger partial charge in [-0.3, -0.25) is 0 Å². The molecule has 0 N–H and O–H groups in total. The lowest BCUT2D eigenvalue weighted by Gasteiger charge is -2.26. The van der Waals surface area contributed by atoms with E-state index in [1.807, 2.05) is 74.5 Å². The number of ether oxygens (including phenoxy) is 2. The van der Waals surface area contributed by atoms with Gasteiger partial charge in [-0.1, -0.05) is 48.5 Å². The second-order valence-electron chi connectivity index (χ2n) is 5.38. The molecule has 0 heterocycles. The molecule has 2 nitrogen and oxygen atoms in total. The molecule has 0 radical (unpaired) electrons. The van der Waals surface area contributed by atoms with Crippen molar-refractivity contribution in [3.05, 3.63) is 66.2 Å².